The Hall–Kier alpha value is -3.39. The second-order valence-electron chi connectivity index (χ2n) is 13.0. The minimum absolute atomic E-state index is 0.140. The van der Waals surface area contributed by atoms with Gasteiger partial charge in [-0.1, -0.05) is 0 Å². The van der Waals surface area contributed by atoms with E-state index in [9.17, 15) is 4.79 Å². The van der Waals surface area contributed by atoms with E-state index in [1.165, 1.54) is 25.7 Å². The quantitative estimate of drug-likeness (QED) is 0.375. The number of benzene rings is 1. The van der Waals surface area contributed by atoms with E-state index in [1.54, 1.807) is 7.11 Å². The summed E-state index contributed by atoms with van der Waals surface area (Å²) in [7, 11) is 1.72. The lowest BCUT2D eigenvalue weighted by atomic mass is 9.53. The number of methoxy groups -OCH3 is 1. The average molecular weight is 537 g/mol. The number of hydrogen-bond donors (Lipinski definition) is 1. The molecule has 3 aliphatic carbocycles. The number of nitrogens with one attached hydrogen (secondary N) is 1. The molecule has 0 radical (unpaired) electrons. The van der Waals surface area contributed by atoms with Crippen LogP contribution in [0.5, 0.6) is 5.75 Å². The van der Waals surface area contributed by atoms with E-state index >= 15 is 0 Å². The maximum atomic E-state index is 13.9. The van der Waals surface area contributed by atoms with Gasteiger partial charge in [-0.2, -0.15) is 0 Å². The van der Waals surface area contributed by atoms with Crippen molar-refractivity contribution in [1.29, 1.82) is 0 Å². The van der Waals surface area contributed by atoms with Crippen LogP contribution in [0.25, 0.3) is 33.6 Å². The van der Waals surface area contributed by atoms with E-state index in [0.717, 1.165) is 90.3 Å². The van der Waals surface area contributed by atoms with Crippen LogP contribution in [0.3, 0.4) is 0 Å². The molecule has 0 spiro atoms. The molecule has 1 aromatic carbocycles. The lowest BCUT2D eigenvalue weighted by Crippen LogP contribution is -2.53. The topological polar surface area (TPSA) is 77.2 Å². The van der Waals surface area contributed by atoms with E-state index in [-0.39, 0.29) is 5.91 Å². The van der Waals surface area contributed by atoms with Gasteiger partial charge >= 0.3 is 0 Å². The summed E-state index contributed by atoms with van der Waals surface area (Å²) >= 11 is 0. The Kier molecular flexibility index (Phi) is 4.99. The molecule has 3 unspecified atom stereocenters. The predicted molar refractivity (Wildman–Crippen MR) is 153 cm³/mol. The normalized spacial score (nSPS) is 28.6. The first-order valence-corrected chi connectivity index (χ1v) is 15.2. The number of fused-ring (bicyclic) bond motifs is 2. The maximum absolute atomic E-state index is 13.9. The van der Waals surface area contributed by atoms with Crippen molar-refractivity contribution in [3.05, 3.63) is 42.1 Å². The fourth-order valence-corrected chi connectivity index (χ4v) is 8.39. The highest BCUT2D eigenvalue weighted by Gasteiger charge is 2.61. The number of carbonyl (C=O) groups is 1. The van der Waals surface area contributed by atoms with Crippen molar-refractivity contribution < 1.29 is 9.53 Å². The molecule has 5 heterocycles. The van der Waals surface area contributed by atoms with Crippen molar-refractivity contribution in [2.45, 2.75) is 51.2 Å². The highest BCUT2D eigenvalue weighted by molar-refractivity contribution is 6.00. The Morgan fingerprint density at radius 2 is 1.98 bits per heavy atom. The number of likely N-dealkylation sites (tertiary alicyclic amines) is 1. The zero-order valence-electron chi connectivity index (χ0n) is 23.1. The number of amides is 1. The monoisotopic (exact) mass is 536 g/mol. The molecule has 2 aliphatic heterocycles. The Bertz CT molecular complexity index is 1660. The van der Waals surface area contributed by atoms with E-state index in [2.05, 4.69) is 31.5 Å². The van der Waals surface area contributed by atoms with Crippen molar-refractivity contribution in [2.75, 3.05) is 26.7 Å². The molecule has 5 atom stereocenters. The molecule has 5 fully saturated rings. The van der Waals surface area contributed by atoms with Crippen molar-refractivity contribution in [3.8, 4) is 17.3 Å². The number of imidazole rings is 1. The van der Waals surface area contributed by atoms with Crippen LogP contribution in [0.15, 0.2) is 36.5 Å². The average Bonchev–Trinajstić information content (AvgIpc) is 3.29. The van der Waals surface area contributed by atoms with Gasteiger partial charge in [0.2, 0.25) is 0 Å². The molecule has 8 nitrogen and oxygen atoms in total. The first-order valence-electron chi connectivity index (χ1n) is 15.2. The van der Waals surface area contributed by atoms with Crippen molar-refractivity contribution in [3.63, 3.8) is 0 Å². The lowest BCUT2D eigenvalue weighted by molar-refractivity contribution is -0.0204. The molecule has 206 valence electrons. The molecule has 3 saturated carbocycles. The summed E-state index contributed by atoms with van der Waals surface area (Å²) in [6, 6.07) is 10.8. The number of hydrogen-bond acceptors (Lipinski definition) is 5. The highest BCUT2D eigenvalue weighted by Crippen LogP contribution is 2.60. The van der Waals surface area contributed by atoms with Crippen LogP contribution >= 0.6 is 0 Å². The van der Waals surface area contributed by atoms with Crippen LogP contribution in [0.4, 0.5) is 0 Å². The van der Waals surface area contributed by atoms with E-state index in [1.807, 2.05) is 24.4 Å². The van der Waals surface area contributed by atoms with Crippen LogP contribution in [0.1, 0.15) is 42.5 Å². The number of aromatic nitrogens is 4. The molecule has 9 rings (SSSR count). The molecule has 40 heavy (non-hydrogen) atoms. The second-order valence-corrected chi connectivity index (χ2v) is 13.0. The van der Waals surface area contributed by atoms with Crippen LogP contribution in [-0.2, 0) is 13.1 Å². The van der Waals surface area contributed by atoms with Crippen LogP contribution in [-0.4, -0.2) is 62.7 Å². The fraction of sp³-hybridized carbons (Fsp3) is 0.531. The number of nitrogens with zero attached hydrogens (tertiary/aromatic N) is 5. The second kappa shape index (κ2) is 8.56. The van der Waals surface area contributed by atoms with Gasteiger partial charge in [-0.25, -0.2) is 9.97 Å². The summed E-state index contributed by atoms with van der Waals surface area (Å²) in [5.74, 6) is 5.38. The summed E-state index contributed by atoms with van der Waals surface area (Å²) in [5.41, 5.74) is 4.66. The number of carbonyl (C=O) groups excluding carboxylic acids is 1. The summed E-state index contributed by atoms with van der Waals surface area (Å²) in [5, 5.41) is 4.68. The van der Waals surface area contributed by atoms with E-state index in [4.69, 9.17) is 14.7 Å². The van der Waals surface area contributed by atoms with Crippen molar-refractivity contribution >= 4 is 28.0 Å². The summed E-state index contributed by atoms with van der Waals surface area (Å²) < 4.78 is 10.8. The van der Waals surface area contributed by atoms with Crippen LogP contribution < -0.4 is 10.1 Å². The third kappa shape index (κ3) is 3.38. The van der Waals surface area contributed by atoms with Gasteiger partial charge in [0, 0.05) is 42.8 Å². The van der Waals surface area contributed by atoms with Gasteiger partial charge in [-0.05, 0) is 105 Å². The number of ether oxygens (including phenoxy) is 1. The molecule has 2 saturated heterocycles. The zero-order valence-corrected chi connectivity index (χ0v) is 23.1. The van der Waals surface area contributed by atoms with E-state index < -0.39 is 0 Å². The molecule has 1 N–H and O–H groups in total. The van der Waals surface area contributed by atoms with Crippen molar-refractivity contribution in [1.82, 2.24) is 29.3 Å². The van der Waals surface area contributed by atoms with Gasteiger partial charge in [-0.3, -0.25) is 4.79 Å². The van der Waals surface area contributed by atoms with E-state index in [0.29, 0.717) is 29.4 Å². The molecule has 0 bridgehead atoms. The minimum Gasteiger partial charge on any atom is -0.494 e. The summed E-state index contributed by atoms with van der Waals surface area (Å²) in [6.07, 6.45) is 8.06. The predicted octanol–water partition coefficient (Wildman–Crippen LogP) is 4.56. The lowest BCUT2D eigenvalue weighted by Gasteiger charge is -2.52. The Morgan fingerprint density at radius 3 is 2.75 bits per heavy atom. The molecule has 5 aliphatic rings. The van der Waals surface area contributed by atoms with Crippen LogP contribution in [0, 0.1) is 29.6 Å². The number of pyridine rings is 1. The first kappa shape index (κ1) is 23.3. The Balaban J connectivity index is 1.20. The minimum atomic E-state index is 0.140. The molecule has 1 amide bonds. The molecular weight excluding hydrogens is 500 g/mol. The number of rotatable bonds is 7. The summed E-state index contributed by atoms with van der Waals surface area (Å²) in [4.78, 5) is 26.1. The van der Waals surface area contributed by atoms with Gasteiger partial charge in [0.25, 0.3) is 5.91 Å². The first-order chi connectivity index (χ1) is 19.7. The molecule has 3 aromatic heterocycles. The van der Waals surface area contributed by atoms with Gasteiger partial charge in [0.05, 0.1) is 18.3 Å². The highest BCUT2D eigenvalue weighted by atomic mass is 16.5. The Labute approximate surface area is 233 Å². The zero-order chi connectivity index (χ0) is 26.5. The molecule has 8 heteroatoms. The third-order valence-electron chi connectivity index (χ3n) is 10.7. The fourth-order valence-electron chi connectivity index (χ4n) is 8.39. The van der Waals surface area contributed by atoms with Crippen molar-refractivity contribution in [2.24, 2.45) is 29.6 Å². The summed E-state index contributed by atoms with van der Waals surface area (Å²) in [6.45, 7) is 4.79. The van der Waals surface area contributed by atoms with Gasteiger partial charge in [-0.15, -0.1) is 0 Å². The van der Waals surface area contributed by atoms with Gasteiger partial charge in [0.1, 0.15) is 16.9 Å². The van der Waals surface area contributed by atoms with Gasteiger partial charge in [0.15, 0.2) is 5.82 Å². The smallest absolute Gasteiger partial charge is 0.254 e. The Morgan fingerprint density at radius 1 is 1.07 bits per heavy atom. The third-order valence-corrected chi connectivity index (χ3v) is 10.7. The van der Waals surface area contributed by atoms with Crippen LogP contribution in [0.2, 0.25) is 0 Å². The molecule has 4 aromatic rings. The van der Waals surface area contributed by atoms with Gasteiger partial charge < -0.3 is 24.1 Å². The standard InChI is InChI=1S/C32H36N6O2/c1-40-27-13-22(32(39)37-17-23-9-21-12-25(37)28(21)23)10-24-29(27)38(16-19-6-8-33-14-19)31(35-24)26-11-20-3-2-7-34-30(20)36(26)15-18-4-5-18/h2-3,7,10-11,13,18-19,21,23,25,28,33H,4-6,8-9,12,14-17H2,1H3/t19-,21?,23?,25?,28+/m0/s1. The largest absolute Gasteiger partial charge is 0.494 e. The molecular formula is C32H36N6O2. The SMILES string of the molecule is COc1cc(C(=O)N2CC3CC4CC2[C@H]43)cc2nc(-c3cc4cccnc4n3CC3CC3)n(C[C@H]3CCNC3)c12. The maximum Gasteiger partial charge on any atom is 0.254 e.